The number of hydrogen-bond acceptors (Lipinski definition) is 4. The summed E-state index contributed by atoms with van der Waals surface area (Å²) in [6.45, 7) is 1.90. The summed E-state index contributed by atoms with van der Waals surface area (Å²) in [5.74, 6) is 0.448. The molecular weight excluding hydrogens is 244 g/mol. The minimum atomic E-state index is -0.815. The fourth-order valence-electron chi connectivity index (χ4n) is 1.21. The molecule has 1 rings (SSSR count). The molecule has 1 amide bonds. The molecule has 16 heavy (non-hydrogen) atoms. The van der Waals surface area contributed by atoms with Crippen molar-refractivity contribution < 1.29 is 9.00 Å². The predicted molar refractivity (Wildman–Crippen MR) is 69.2 cm³/mol. The van der Waals surface area contributed by atoms with Crippen molar-refractivity contribution in [3.8, 4) is 0 Å². The zero-order chi connectivity index (χ0) is 12.1. The van der Waals surface area contributed by atoms with Gasteiger partial charge >= 0.3 is 0 Å². The van der Waals surface area contributed by atoms with Crippen LogP contribution in [-0.4, -0.2) is 28.2 Å². The standard InChI is InChI=1S/C10H16N2O2S2/c1-7(4-6-16(2)14)12-10(13)9-8(11)3-5-15-9/h3,5,7H,4,6,11H2,1-2H3,(H,12,13). The summed E-state index contributed by atoms with van der Waals surface area (Å²) in [4.78, 5) is 12.3. The van der Waals surface area contributed by atoms with E-state index in [-0.39, 0.29) is 11.9 Å². The third-order valence-electron chi connectivity index (χ3n) is 2.12. The minimum absolute atomic E-state index is 0.0119. The van der Waals surface area contributed by atoms with Gasteiger partial charge in [0, 0.05) is 28.9 Å². The highest BCUT2D eigenvalue weighted by Crippen LogP contribution is 2.18. The van der Waals surface area contributed by atoms with Gasteiger partial charge in [-0.05, 0) is 24.8 Å². The fraction of sp³-hybridized carbons (Fsp3) is 0.500. The van der Waals surface area contributed by atoms with Crippen LogP contribution in [0, 0.1) is 0 Å². The molecule has 0 aliphatic rings. The van der Waals surface area contributed by atoms with Crippen molar-refractivity contribution in [1.82, 2.24) is 5.32 Å². The van der Waals surface area contributed by atoms with Crippen molar-refractivity contribution in [2.24, 2.45) is 0 Å². The number of nitrogens with one attached hydrogen (secondary N) is 1. The van der Waals surface area contributed by atoms with Crippen molar-refractivity contribution in [2.75, 3.05) is 17.7 Å². The van der Waals surface area contributed by atoms with Crippen molar-refractivity contribution in [3.63, 3.8) is 0 Å². The summed E-state index contributed by atoms with van der Waals surface area (Å²) in [5, 5.41) is 4.62. The van der Waals surface area contributed by atoms with E-state index in [2.05, 4.69) is 5.32 Å². The van der Waals surface area contributed by atoms with E-state index in [4.69, 9.17) is 5.73 Å². The Morgan fingerprint density at radius 1 is 1.69 bits per heavy atom. The van der Waals surface area contributed by atoms with Gasteiger partial charge in [-0.15, -0.1) is 11.3 Å². The summed E-state index contributed by atoms with van der Waals surface area (Å²) >= 11 is 1.33. The molecule has 4 nitrogen and oxygen atoms in total. The zero-order valence-electron chi connectivity index (χ0n) is 9.36. The van der Waals surface area contributed by atoms with Gasteiger partial charge in [0.15, 0.2) is 0 Å². The highest BCUT2D eigenvalue weighted by molar-refractivity contribution is 7.84. The normalized spacial score (nSPS) is 14.4. The summed E-state index contributed by atoms with van der Waals surface area (Å²) < 4.78 is 10.9. The summed E-state index contributed by atoms with van der Waals surface area (Å²) in [6, 6.07) is 1.73. The van der Waals surface area contributed by atoms with Crippen molar-refractivity contribution in [1.29, 1.82) is 0 Å². The second-order valence-electron chi connectivity index (χ2n) is 3.65. The van der Waals surface area contributed by atoms with Gasteiger partial charge in [0.2, 0.25) is 0 Å². The van der Waals surface area contributed by atoms with E-state index in [9.17, 15) is 9.00 Å². The van der Waals surface area contributed by atoms with E-state index in [1.807, 2.05) is 6.92 Å². The van der Waals surface area contributed by atoms with Gasteiger partial charge in [0.1, 0.15) is 4.88 Å². The number of nitrogens with two attached hydrogens (primary N) is 1. The lowest BCUT2D eigenvalue weighted by atomic mass is 10.2. The van der Waals surface area contributed by atoms with E-state index in [1.54, 1.807) is 17.7 Å². The molecule has 0 bridgehead atoms. The molecule has 2 unspecified atom stereocenters. The second kappa shape index (κ2) is 6.00. The number of hydrogen-bond donors (Lipinski definition) is 2. The lowest BCUT2D eigenvalue weighted by Gasteiger charge is -2.12. The second-order valence-corrected chi connectivity index (χ2v) is 6.12. The van der Waals surface area contributed by atoms with Crippen LogP contribution in [0.5, 0.6) is 0 Å². The van der Waals surface area contributed by atoms with Crippen LogP contribution in [0.1, 0.15) is 23.0 Å². The summed E-state index contributed by atoms with van der Waals surface area (Å²) in [6.07, 6.45) is 2.37. The molecule has 1 heterocycles. The van der Waals surface area contributed by atoms with Crippen LogP contribution in [0.2, 0.25) is 0 Å². The molecule has 1 aromatic heterocycles. The number of amides is 1. The molecule has 0 saturated heterocycles. The third kappa shape index (κ3) is 3.94. The van der Waals surface area contributed by atoms with Crippen molar-refractivity contribution in [3.05, 3.63) is 16.3 Å². The quantitative estimate of drug-likeness (QED) is 0.836. The molecule has 3 N–H and O–H groups in total. The zero-order valence-corrected chi connectivity index (χ0v) is 11.0. The molecule has 0 aromatic carbocycles. The Kier molecular flexibility index (Phi) is 4.95. The van der Waals surface area contributed by atoms with Gasteiger partial charge < -0.3 is 11.1 Å². The molecule has 0 aliphatic heterocycles. The fourth-order valence-corrected chi connectivity index (χ4v) is 2.61. The minimum Gasteiger partial charge on any atom is -0.397 e. The topological polar surface area (TPSA) is 72.2 Å². The predicted octanol–water partition coefficient (Wildman–Crippen LogP) is 1.22. The van der Waals surface area contributed by atoms with Crippen LogP contribution >= 0.6 is 11.3 Å². The number of carbonyl (C=O) groups excluding carboxylic acids is 1. The first kappa shape index (κ1) is 13.2. The monoisotopic (exact) mass is 260 g/mol. The van der Waals surface area contributed by atoms with Crippen LogP contribution in [0.3, 0.4) is 0 Å². The van der Waals surface area contributed by atoms with Gasteiger partial charge in [-0.25, -0.2) is 0 Å². The molecule has 0 saturated carbocycles. The highest BCUT2D eigenvalue weighted by atomic mass is 32.2. The van der Waals surface area contributed by atoms with E-state index in [0.29, 0.717) is 22.7 Å². The van der Waals surface area contributed by atoms with Crippen LogP contribution in [0.4, 0.5) is 5.69 Å². The van der Waals surface area contributed by atoms with Crippen LogP contribution in [0.15, 0.2) is 11.4 Å². The third-order valence-corrected chi connectivity index (χ3v) is 3.86. The maximum absolute atomic E-state index is 11.7. The van der Waals surface area contributed by atoms with Crippen molar-refractivity contribution >= 4 is 33.7 Å². The van der Waals surface area contributed by atoms with E-state index in [0.717, 1.165) is 0 Å². The van der Waals surface area contributed by atoms with E-state index < -0.39 is 10.8 Å². The molecule has 0 fully saturated rings. The van der Waals surface area contributed by atoms with Crippen LogP contribution in [-0.2, 0) is 10.8 Å². The molecule has 2 atom stereocenters. The SMILES string of the molecule is CC(CCS(C)=O)NC(=O)c1sccc1N. The number of rotatable bonds is 5. The molecule has 0 spiro atoms. The molecular formula is C10H16N2O2S2. The number of thiophene rings is 1. The van der Waals surface area contributed by atoms with Crippen LogP contribution < -0.4 is 11.1 Å². The molecule has 0 aliphatic carbocycles. The largest absolute Gasteiger partial charge is 0.397 e. The molecule has 0 radical (unpaired) electrons. The first-order chi connectivity index (χ1) is 7.50. The van der Waals surface area contributed by atoms with Gasteiger partial charge in [0.05, 0.1) is 5.69 Å². The highest BCUT2D eigenvalue weighted by Gasteiger charge is 2.13. The Morgan fingerprint density at radius 2 is 2.38 bits per heavy atom. The first-order valence-electron chi connectivity index (χ1n) is 4.94. The van der Waals surface area contributed by atoms with E-state index >= 15 is 0 Å². The summed E-state index contributed by atoms with van der Waals surface area (Å²) in [7, 11) is -0.815. The summed E-state index contributed by atoms with van der Waals surface area (Å²) in [5.41, 5.74) is 6.15. The maximum atomic E-state index is 11.7. The van der Waals surface area contributed by atoms with Gasteiger partial charge in [0.25, 0.3) is 5.91 Å². The Balaban J connectivity index is 2.46. The lowest BCUT2D eigenvalue weighted by molar-refractivity contribution is 0.0944. The maximum Gasteiger partial charge on any atom is 0.263 e. The van der Waals surface area contributed by atoms with E-state index in [1.165, 1.54) is 11.3 Å². The Morgan fingerprint density at radius 3 is 2.88 bits per heavy atom. The first-order valence-corrected chi connectivity index (χ1v) is 7.55. The van der Waals surface area contributed by atoms with Crippen molar-refractivity contribution in [2.45, 2.75) is 19.4 Å². The smallest absolute Gasteiger partial charge is 0.263 e. The van der Waals surface area contributed by atoms with Gasteiger partial charge in [-0.1, -0.05) is 0 Å². The van der Waals surface area contributed by atoms with Gasteiger partial charge in [-0.3, -0.25) is 9.00 Å². The number of nitrogen functional groups attached to an aromatic ring is 1. The number of anilines is 1. The number of carbonyl (C=O) groups is 1. The van der Waals surface area contributed by atoms with Crippen LogP contribution in [0.25, 0.3) is 0 Å². The molecule has 90 valence electrons. The average molecular weight is 260 g/mol. The molecule has 1 aromatic rings. The Hall–Kier alpha value is -0.880. The Labute approximate surface area is 102 Å². The molecule has 6 heteroatoms. The van der Waals surface area contributed by atoms with Gasteiger partial charge in [-0.2, -0.15) is 0 Å². The Bertz CT molecular complexity index is 390. The lowest BCUT2D eigenvalue weighted by Crippen LogP contribution is -2.33. The average Bonchev–Trinajstić information content (AvgIpc) is 2.61.